The Morgan fingerprint density at radius 3 is 2.44 bits per heavy atom. The van der Waals surface area contributed by atoms with Crippen molar-refractivity contribution in [2.45, 2.75) is 31.2 Å². The predicted molar refractivity (Wildman–Crippen MR) is 95.6 cm³/mol. The highest BCUT2D eigenvalue weighted by molar-refractivity contribution is 5.83. The van der Waals surface area contributed by atoms with Gasteiger partial charge in [-0.05, 0) is 42.7 Å². The fourth-order valence-corrected chi connectivity index (χ4v) is 3.94. The summed E-state index contributed by atoms with van der Waals surface area (Å²) >= 11 is 0. The molecule has 1 aromatic heterocycles. The van der Waals surface area contributed by atoms with Gasteiger partial charge in [-0.1, -0.05) is 30.3 Å². The molecule has 1 amide bonds. The van der Waals surface area contributed by atoms with Crippen molar-refractivity contribution in [1.82, 2.24) is 14.9 Å². The van der Waals surface area contributed by atoms with Gasteiger partial charge in [0.1, 0.15) is 5.82 Å². The molecule has 1 aliphatic heterocycles. The summed E-state index contributed by atoms with van der Waals surface area (Å²) in [5, 5.41) is 0. The van der Waals surface area contributed by atoms with Crippen LogP contribution in [0.3, 0.4) is 0 Å². The van der Waals surface area contributed by atoms with Gasteiger partial charge in [0.2, 0.25) is 5.91 Å². The van der Waals surface area contributed by atoms with Gasteiger partial charge in [-0.15, -0.1) is 0 Å². The number of aromatic nitrogens is 2. The van der Waals surface area contributed by atoms with Gasteiger partial charge in [-0.3, -0.25) is 4.79 Å². The zero-order valence-electron chi connectivity index (χ0n) is 14.3. The fourth-order valence-electron chi connectivity index (χ4n) is 3.94. The van der Waals surface area contributed by atoms with E-state index in [-0.39, 0.29) is 12.0 Å². The maximum Gasteiger partial charge on any atom is 0.226 e. The predicted octanol–water partition coefficient (Wildman–Crippen LogP) is 2.52. The first kappa shape index (κ1) is 16.2. The van der Waals surface area contributed by atoms with Crippen LogP contribution < -0.4 is 5.73 Å². The van der Waals surface area contributed by atoms with Crippen LogP contribution in [0.1, 0.15) is 42.6 Å². The fraction of sp³-hybridized carbons (Fsp3) is 0.450. The number of benzene rings is 1. The Morgan fingerprint density at radius 1 is 1.08 bits per heavy atom. The topological polar surface area (TPSA) is 72.1 Å². The number of hydrogen-bond donors (Lipinski definition) is 1. The Balaban J connectivity index is 1.31. The van der Waals surface area contributed by atoms with E-state index in [1.807, 2.05) is 23.1 Å². The maximum absolute atomic E-state index is 12.8. The molecular weight excluding hydrogens is 312 g/mol. The van der Waals surface area contributed by atoms with Crippen molar-refractivity contribution < 1.29 is 4.79 Å². The van der Waals surface area contributed by atoms with E-state index in [0.29, 0.717) is 23.6 Å². The molecule has 1 saturated heterocycles. The number of carbonyl (C=O) groups is 1. The average Bonchev–Trinajstić information content (AvgIpc) is 3.49. The van der Waals surface area contributed by atoms with Gasteiger partial charge in [0.05, 0.1) is 6.04 Å². The molecule has 1 aromatic carbocycles. The molecule has 4 rings (SSSR count). The van der Waals surface area contributed by atoms with Crippen LogP contribution in [0.4, 0.5) is 0 Å². The number of carbonyl (C=O) groups excluding carboxylic acids is 1. The van der Waals surface area contributed by atoms with Crippen molar-refractivity contribution in [3.05, 3.63) is 60.2 Å². The smallest absolute Gasteiger partial charge is 0.226 e. The second-order valence-electron chi connectivity index (χ2n) is 7.15. The maximum atomic E-state index is 12.8. The van der Waals surface area contributed by atoms with Crippen molar-refractivity contribution in [3.63, 3.8) is 0 Å². The standard InChI is InChI=1S/C20H24N4O/c21-18(19-22-9-4-10-23-19)15-7-11-24(12-8-15)20(25)17-13-16(17)14-5-2-1-3-6-14/h1-6,9-10,15-18H,7-8,11-13,21H2. The molecule has 25 heavy (non-hydrogen) atoms. The van der Waals surface area contributed by atoms with E-state index in [2.05, 4.69) is 22.1 Å². The van der Waals surface area contributed by atoms with Gasteiger partial charge >= 0.3 is 0 Å². The summed E-state index contributed by atoms with van der Waals surface area (Å²) in [6, 6.07) is 12.0. The average molecular weight is 336 g/mol. The molecule has 5 heteroatoms. The summed E-state index contributed by atoms with van der Waals surface area (Å²) in [7, 11) is 0. The number of likely N-dealkylation sites (tertiary alicyclic amines) is 1. The number of amides is 1. The molecule has 0 spiro atoms. The van der Waals surface area contributed by atoms with E-state index >= 15 is 0 Å². The van der Waals surface area contributed by atoms with Crippen LogP contribution in [0, 0.1) is 11.8 Å². The van der Waals surface area contributed by atoms with Crippen molar-refractivity contribution in [3.8, 4) is 0 Å². The largest absolute Gasteiger partial charge is 0.342 e. The molecule has 1 saturated carbocycles. The highest BCUT2D eigenvalue weighted by Crippen LogP contribution is 2.48. The minimum Gasteiger partial charge on any atom is -0.342 e. The molecular formula is C20H24N4O. The molecule has 0 radical (unpaired) electrons. The van der Waals surface area contributed by atoms with Gasteiger partial charge in [0.15, 0.2) is 0 Å². The molecule has 0 bridgehead atoms. The third-order valence-corrected chi connectivity index (χ3v) is 5.58. The number of hydrogen-bond acceptors (Lipinski definition) is 4. The van der Waals surface area contributed by atoms with E-state index in [1.54, 1.807) is 18.5 Å². The van der Waals surface area contributed by atoms with Crippen molar-refractivity contribution in [2.24, 2.45) is 17.6 Å². The number of piperidine rings is 1. The van der Waals surface area contributed by atoms with E-state index in [1.165, 1.54) is 5.56 Å². The summed E-state index contributed by atoms with van der Waals surface area (Å²) in [5.41, 5.74) is 7.62. The molecule has 3 unspecified atom stereocenters. The first-order valence-corrected chi connectivity index (χ1v) is 9.10. The highest BCUT2D eigenvalue weighted by atomic mass is 16.2. The number of nitrogens with zero attached hydrogens (tertiary/aromatic N) is 3. The molecule has 2 N–H and O–H groups in total. The number of nitrogens with two attached hydrogens (primary N) is 1. The Kier molecular flexibility index (Phi) is 4.49. The van der Waals surface area contributed by atoms with Crippen LogP contribution in [-0.4, -0.2) is 33.9 Å². The third kappa shape index (κ3) is 3.42. The molecule has 2 aliphatic rings. The van der Waals surface area contributed by atoms with E-state index in [0.717, 1.165) is 32.4 Å². The zero-order valence-corrected chi connectivity index (χ0v) is 14.3. The van der Waals surface area contributed by atoms with Crippen LogP contribution in [0.15, 0.2) is 48.8 Å². The summed E-state index contributed by atoms with van der Waals surface area (Å²) in [6.07, 6.45) is 6.30. The van der Waals surface area contributed by atoms with Gasteiger partial charge in [0.25, 0.3) is 0 Å². The molecule has 2 heterocycles. The molecule has 5 nitrogen and oxygen atoms in total. The van der Waals surface area contributed by atoms with Crippen molar-refractivity contribution >= 4 is 5.91 Å². The lowest BCUT2D eigenvalue weighted by Gasteiger charge is -2.34. The molecule has 2 aromatic rings. The highest BCUT2D eigenvalue weighted by Gasteiger charge is 2.46. The Morgan fingerprint density at radius 2 is 1.76 bits per heavy atom. The second kappa shape index (κ2) is 6.92. The van der Waals surface area contributed by atoms with Crippen LogP contribution in [0.25, 0.3) is 0 Å². The quantitative estimate of drug-likeness (QED) is 0.931. The van der Waals surface area contributed by atoms with E-state index in [9.17, 15) is 4.79 Å². The van der Waals surface area contributed by atoms with Crippen LogP contribution in [0.5, 0.6) is 0 Å². The summed E-state index contributed by atoms with van der Waals surface area (Å²) in [5.74, 6) is 1.95. The monoisotopic (exact) mass is 336 g/mol. The van der Waals surface area contributed by atoms with Crippen LogP contribution >= 0.6 is 0 Å². The molecule has 130 valence electrons. The number of rotatable bonds is 4. The minimum absolute atomic E-state index is 0.142. The summed E-state index contributed by atoms with van der Waals surface area (Å²) in [4.78, 5) is 23.3. The lowest BCUT2D eigenvalue weighted by atomic mass is 9.89. The molecule has 2 fully saturated rings. The summed E-state index contributed by atoms with van der Waals surface area (Å²) < 4.78 is 0. The first-order valence-electron chi connectivity index (χ1n) is 9.10. The Bertz CT molecular complexity index is 713. The normalized spacial score (nSPS) is 24.8. The Hall–Kier alpha value is -2.27. The van der Waals surface area contributed by atoms with Gasteiger partial charge in [-0.2, -0.15) is 0 Å². The minimum atomic E-state index is -0.142. The summed E-state index contributed by atoms with van der Waals surface area (Å²) in [6.45, 7) is 1.59. The van der Waals surface area contributed by atoms with Crippen LogP contribution in [-0.2, 0) is 4.79 Å². The van der Waals surface area contributed by atoms with E-state index in [4.69, 9.17) is 5.73 Å². The van der Waals surface area contributed by atoms with Crippen LogP contribution in [0.2, 0.25) is 0 Å². The van der Waals surface area contributed by atoms with Gasteiger partial charge in [0, 0.05) is 31.4 Å². The van der Waals surface area contributed by atoms with Crippen molar-refractivity contribution in [2.75, 3.05) is 13.1 Å². The van der Waals surface area contributed by atoms with Gasteiger partial charge in [-0.25, -0.2) is 9.97 Å². The molecule has 1 aliphatic carbocycles. The lowest BCUT2D eigenvalue weighted by molar-refractivity contribution is -0.134. The first-order chi connectivity index (χ1) is 12.2. The molecule has 3 atom stereocenters. The third-order valence-electron chi connectivity index (χ3n) is 5.58. The second-order valence-corrected chi connectivity index (χ2v) is 7.15. The zero-order chi connectivity index (χ0) is 17.2. The van der Waals surface area contributed by atoms with Crippen molar-refractivity contribution in [1.29, 1.82) is 0 Å². The van der Waals surface area contributed by atoms with E-state index < -0.39 is 0 Å². The lowest BCUT2D eigenvalue weighted by Crippen LogP contribution is -2.42. The Labute approximate surface area is 148 Å². The SMILES string of the molecule is NC(c1ncccn1)C1CCN(C(=O)C2CC2c2ccccc2)CC1. The van der Waals surface area contributed by atoms with Gasteiger partial charge < -0.3 is 10.6 Å².